The fraction of sp³-hybridized carbons (Fsp3) is 0.133. The molecule has 0 saturated carbocycles. The summed E-state index contributed by atoms with van der Waals surface area (Å²) in [5, 5.41) is 13.5. The van der Waals surface area contributed by atoms with Gasteiger partial charge in [-0.15, -0.1) is 0 Å². The topological polar surface area (TPSA) is 90.7 Å². The van der Waals surface area contributed by atoms with Crippen molar-refractivity contribution < 1.29 is 19.2 Å². The van der Waals surface area contributed by atoms with Gasteiger partial charge in [-0.2, -0.15) is 0 Å². The molecule has 0 atom stereocenters. The molecule has 2 rings (SSSR count). The first-order chi connectivity index (χ1) is 10.9. The minimum atomic E-state index is -0.810. The molecular weight excluding hydrogens is 324 g/mol. The number of carbonyl (C=O) groups excluding carboxylic acids is 1. The number of nitrogens with one attached hydrogen (secondary N) is 1. The Kier molecular flexibility index (Phi) is 5.02. The zero-order valence-corrected chi connectivity index (χ0v) is 13.1. The Morgan fingerprint density at radius 3 is 2.61 bits per heavy atom. The van der Waals surface area contributed by atoms with Crippen LogP contribution in [0.5, 0.6) is 11.5 Å². The van der Waals surface area contributed by atoms with Crippen molar-refractivity contribution in [2.24, 2.45) is 0 Å². The summed E-state index contributed by atoms with van der Waals surface area (Å²) in [6, 6.07) is 8.91. The molecule has 23 heavy (non-hydrogen) atoms. The zero-order chi connectivity index (χ0) is 17.0. The fourth-order valence-corrected chi connectivity index (χ4v) is 2.03. The molecule has 0 aliphatic rings. The Morgan fingerprint density at radius 2 is 2.00 bits per heavy atom. The third-order valence-corrected chi connectivity index (χ3v) is 3.29. The average Bonchev–Trinajstić information content (AvgIpc) is 2.51. The Morgan fingerprint density at radius 1 is 1.26 bits per heavy atom. The second-order valence-electron chi connectivity index (χ2n) is 4.57. The quantitative estimate of drug-likeness (QED) is 0.668. The summed E-state index contributed by atoms with van der Waals surface area (Å²) < 4.78 is 10.1. The lowest BCUT2D eigenvalue weighted by atomic mass is 10.2. The smallest absolute Gasteiger partial charge is 0.417 e. The van der Waals surface area contributed by atoms with Gasteiger partial charge in [0.05, 0.1) is 22.7 Å². The number of carbonyl (C=O) groups is 1. The number of ether oxygens (including phenoxy) is 2. The van der Waals surface area contributed by atoms with Crippen LogP contribution in [0.25, 0.3) is 0 Å². The third-order valence-electron chi connectivity index (χ3n) is 2.99. The van der Waals surface area contributed by atoms with Crippen molar-refractivity contribution in [2.75, 3.05) is 12.4 Å². The normalized spacial score (nSPS) is 10.0. The lowest BCUT2D eigenvalue weighted by Crippen LogP contribution is -2.17. The van der Waals surface area contributed by atoms with E-state index in [1.807, 2.05) is 0 Å². The minimum Gasteiger partial charge on any atom is -0.497 e. The van der Waals surface area contributed by atoms with Gasteiger partial charge in [-0.25, -0.2) is 4.79 Å². The highest BCUT2D eigenvalue weighted by atomic mass is 35.5. The van der Waals surface area contributed by atoms with Gasteiger partial charge in [-0.05, 0) is 25.1 Å². The number of benzene rings is 2. The molecule has 0 aromatic heterocycles. The Bertz CT molecular complexity index is 764. The summed E-state index contributed by atoms with van der Waals surface area (Å²) in [5.41, 5.74) is 0.648. The number of halogens is 1. The molecule has 1 amide bonds. The lowest BCUT2D eigenvalue weighted by Gasteiger charge is -2.09. The number of nitrogens with zero attached hydrogens (tertiary/aromatic N) is 1. The Balaban J connectivity index is 2.11. The molecule has 2 aromatic carbocycles. The van der Waals surface area contributed by atoms with Crippen LogP contribution in [0.1, 0.15) is 5.56 Å². The van der Waals surface area contributed by atoms with Crippen LogP contribution in [-0.2, 0) is 0 Å². The molecule has 120 valence electrons. The highest BCUT2D eigenvalue weighted by molar-refractivity contribution is 6.32. The van der Waals surface area contributed by atoms with E-state index in [0.717, 1.165) is 0 Å². The van der Waals surface area contributed by atoms with Crippen LogP contribution < -0.4 is 14.8 Å². The van der Waals surface area contributed by atoms with E-state index in [1.54, 1.807) is 19.1 Å². The summed E-state index contributed by atoms with van der Waals surface area (Å²) in [7, 11) is 1.49. The first-order valence-corrected chi connectivity index (χ1v) is 6.86. The molecule has 0 bridgehead atoms. The predicted molar refractivity (Wildman–Crippen MR) is 85.5 cm³/mol. The van der Waals surface area contributed by atoms with Crippen molar-refractivity contribution in [1.82, 2.24) is 0 Å². The third kappa shape index (κ3) is 4.10. The molecule has 0 aliphatic carbocycles. The van der Waals surface area contributed by atoms with Crippen LogP contribution in [0.3, 0.4) is 0 Å². The Hall–Kier alpha value is -2.80. The van der Waals surface area contributed by atoms with Crippen LogP contribution in [0.15, 0.2) is 36.4 Å². The fourth-order valence-electron chi connectivity index (χ4n) is 1.82. The number of nitro benzene ring substituents is 1. The molecule has 0 unspecified atom stereocenters. The SMILES string of the molecule is COc1ccc(OC(=O)Nc2ccc(C)c([N+](=O)[O-])c2)c(Cl)c1. The number of nitro groups is 1. The van der Waals surface area contributed by atoms with Gasteiger partial charge in [0.15, 0.2) is 5.75 Å². The number of amides is 1. The molecular formula is C15H13ClN2O5. The van der Waals surface area contributed by atoms with Gasteiger partial charge in [0.25, 0.3) is 5.69 Å². The highest BCUT2D eigenvalue weighted by Crippen LogP contribution is 2.29. The largest absolute Gasteiger partial charge is 0.497 e. The van der Waals surface area contributed by atoms with Gasteiger partial charge in [0.1, 0.15) is 5.75 Å². The number of aryl methyl sites for hydroxylation is 1. The number of methoxy groups -OCH3 is 1. The van der Waals surface area contributed by atoms with Crippen LogP contribution >= 0.6 is 11.6 Å². The van der Waals surface area contributed by atoms with Crippen molar-refractivity contribution >= 4 is 29.1 Å². The highest BCUT2D eigenvalue weighted by Gasteiger charge is 2.14. The molecule has 0 heterocycles. The standard InChI is InChI=1S/C15H13ClN2O5/c1-9-3-4-10(7-13(9)18(20)21)17-15(19)23-14-6-5-11(22-2)8-12(14)16/h3-8H,1-2H3,(H,17,19). The molecule has 8 heteroatoms. The van der Waals surface area contributed by atoms with Crippen molar-refractivity contribution in [3.63, 3.8) is 0 Å². The molecule has 1 N–H and O–H groups in total. The molecule has 0 saturated heterocycles. The van der Waals surface area contributed by atoms with Crippen molar-refractivity contribution in [1.29, 1.82) is 0 Å². The summed E-state index contributed by atoms with van der Waals surface area (Å²) in [4.78, 5) is 22.2. The molecule has 0 spiro atoms. The van der Waals surface area contributed by atoms with Crippen LogP contribution in [0.2, 0.25) is 5.02 Å². The maximum Gasteiger partial charge on any atom is 0.417 e. The summed E-state index contributed by atoms with van der Waals surface area (Å²) in [6.07, 6.45) is -0.810. The molecule has 0 aliphatic heterocycles. The second kappa shape index (κ2) is 6.97. The van der Waals surface area contributed by atoms with Gasteiger partial charge in [-0.1, -0.05) is 17.7 Å². The number of rotatable bonds is 4. The minimum absolute atomic E-state index is 0.0923. The molecule has 2 aromatic rings. The van der Waals surface area contributed by atoms with Crippen molar-refractivity contribution in [2.45, 2.75) is 6.92 Å². The number of hydrogen-bond acceptors (Lipinski definition) is 5. The molecule has 7 nitrogen and oxygen atoms in total. The average molecular weight is 337 g/mol. The van der Waals surface area contributed by atoms with E-state index in [0.29, 0.717) is 11.3 Å². The molecule has 0 fully saturated rings. The summed E-state index contributed by atoms with van der Waals surface area (Å²) in [6.45, 7) is 1.61. The van der Waals surface area contributed by atoms with Gasteiger partial charge in [0.2, 0.25) is 0 Å². The molecule has 0 radical (unpaired) electrons. The predicted octanol–water partition coefficient (Wildman–Crippen LogP) is 4.18. The van der Waals surface area contributed by atoms with Crippen LogP contribution in [0, 0.1) is 17.0 Å². The van der Waals surface area contributed by atoms with Gasteiger partial charge in [0, 0.05) is 17.7 Å². The van der Waals surface area contributed by atoms with E-state index >= 15 is 0 Å². The second-order valence-corrected chi connectivity index (χ2v) is 4.98. The van der Waals surface area contributed by atoms with E-state index in [-0.39, 0.29) is 22.1 Å². The van der Waals surface area contributed by atoms with Crippen LogP contribution in [0.4, 0.5) is 16.2 Å². The first-order valence-electron chi connectivity index (χ1n) is 6.48. The van der Waals surface area contributed by atoms with E-state index in [9.17, 15) is 14.9 Å². The zero-order valence-electron chi connectivity index (χ0n) is 12.3. The van der Waals surface area contributed by atoms with E-state index in [2.05, 4.69) is 5.32 Å². The monoisotopic (exact) mass is 336 g/mol. The Labute approximate surface area is 136 Å². The van der Waals surface area contributed by atoms with Gasteiger partial charge in [-0.3, -0.25) is 15.4 Å². The van der Waals surface area contributed by atoms with Crippen molar-refractivity contribution in [3.05, 3.63) is 57.1 Å². The summed E-state index contributed by atoms with van der Waals surface area (Å²) >= 11 is 5.97. The first kappa shape index (κ1) is 16.6. The maximum atomic E-state index is 11.9. The van der Waals surface area contributed by atoms with E-state index < -0.39 is 11.0 Å². The van der Waals surface area contributed by atoms with Crippen LogP contribution in [-0.4, -0.2) is 18.1 Å². The van der Waals surface area contributed by atoms with Gasteiger partial charge < -0.3 is 9.47 Å². The number of hydrogen-bond donors (Lipinski definition) is 1. The lowest BCUT2D eigenvalue weighted by molar-refractivity contribution is -0.385. The maximum absolute atomic E-state index is 11.9. The van der Waals surface area contributed by atoms with E-state index in [1.165, 1.54) is 31.4 Å². The van der Waals surface area contributed by atoms with E-state index in [4.69, 9.17) is 21.1 Å². The van der Waals surface area contributed by atoms with Crippen molar-refractivity contribution in [3.8, 4) is 11.5 Å². The van der Waals surface area contributed by atoms with Gasteiger partial charge >= 0.3 is 6.09 Å². The number of anilines is 1. The summed E-state index contributed by atoms with van der Waals surface area (Å²) in [5.74, 6) is 0.670.